The molecule has 0 unspecified atom stereocenters. The van der Waals surface area contributed by atoms with Gasteiger partial charge in [-0.3, -0.25) is 0 Å². The monoisotopic (exact) mass is 304 g/mol. The van der Waals surface area contributed by atoms with Crippen LogP contribution in [-0.2, 0) is 10.8 Å². The maximum atomic E-state index is 3.90. The molecule has 120 valence electrons. The lowest BCUT2D eigenvalue weighted by Gasteiger charge is -2.42. The summed E-state index contributed by atoms with van der Waals surface area (Å²) in [6.07, 6.45) is 4.43. The molecule has 1 aliphatic carbocycles. The van der Waals surface area contributed by atoms with Crippen LogP contribution in [0.25, 0.3) is 17.2 Å². The number of fused-ring (bicyclic) bond motifs is 1. The molecule has 2 aromatic rings. The van der Waals surface area contributed by atoms with E-state index in [4.69, 9.17) is 0 Å². The van der Waals surface area contributed by atoms with Gasteiger partial charge in [-0.2, -0.15) is 0 Å². The Morgan fingerprint density at radius 2 is 1.52 bits per heavy atom. The van der Waals surface area contributed by atoms with Crippen LogP contribution in [0.4, 0.5) is 0 Å². The van der Waals surface area contributed by atoms with Gasteiger partial charge in [0.15, 0.2) is 0 Å². The van der Waals surface area contributed by atoms with Crippen molar-refractivity contribution in [2.45, 2.75) is 58.3 Å². The first-order valence-electron chi connectivity index (χ1n) is 8.63. The molecule has 0 aliphatic heterocycles. The zero-order valence-corrected chi connectivity index (χ0v) is 15.2. The number of benzene rings is 2. The molecule has 0 heterocycles. The van der Waals surface area contributed by atoms with Crippen LogP contribution in [0.2, 0.25) is 0 Å². The van der Waals surface area contributed by atoms with Crippen molar-refractivity contribution in [3.8, 4) is 11.1 Å². The maximum absolute atomic E-state index is 3.90. The topological polar surface area (TPSA) is 0 Å². The summed E-state index contributed by atoms with van der Waals surface area (Å²) in [5.74, 6) is 0. The van der Waals surface area contributed by atoms with E-state index in [1.165, 1.54) is 46.2 Å². The van der Waals surface area contributed by atoms with Crippen molar-refractivity contribution in [2.75, 3.05) is 0 Å². The van der Waals surface area contributed by atoms with Gasteiger partial charge in [0.1, 0.15) is 0 Å². The number of hydrogen-bond acceptors (Lipinski definition) is 0. The third-order valence-corrected chi connectivity index (χ3v) is 5.63. The Morgan fingerprint density at radius 1 is 0.913 bits per heavy atom. The molecule has 0 bridgehead atoms. The number of hydrogen-bond donors (Lipinski definition) is 0. The Morgan fingerprint density at radius 3 is 2.13 bits per heavy atom. The summed E-state index contributed by atoms with van der Waals surface area (Å²) in [5, 5.41) is 0. The summed E-state index contributed by atoms with van der Waals surface area (Å²) in [5.41, 5.74) is 8.80. The molecule has 0 N–H and O–H groups in total. The van der Waals surface area contributed by atoms with Gasteiger partial charge < -0.3 is 0 Å². The minimum absolute atomic E-state index is 0.253. The molecule has 0 aromatic heterocycles. The molecule has 0 saturated carbocycles. The molecule has 2 aromatic carbocycles. The molecule has 0 spiro atoms. The zero-order valence-electron chi connectivity index (χ0n) is 15.2. The molecule has 0 nitrogen and oxygen atoms in total. The van der Waals surface area contributed by atoms with Gasteiger partial charge >= 0.3 is 0 Å². The van der Waals surface area contributed by atoms with E-state index < -0.39 is 0 Å². The van der Waals surface area contributed by atoms with Crippen LogP contribution < -0.4 is 0 Å². The Balaban J connectivity index is 2.23. The van der Waals surface area contributed by atoms with Crippen LogP contribution in [0.1, 0.15) is 62.8 Å². The Bertz CT molecular complexity index is 760. The molecule has 0 fully saturated rings. The first kappa shape index (κ1) is 16.1. The second-order valence-corrected chi connectivity index (χ2v) is 8.31. The summed E-state index contributed by atoms with van der Waals surface area (Å²) >= 11 is 0. The largest absolute Gasteiger partial charge is 0.0985 e. The van der Waals surface area contributed by atoms with Crippen LogP contribution in [0.3, 0.4) is 0 Å². The van der Waals surface area contributed by atoms with E-state index in [1.807, 2.05) is 6.08 Å². The van der Waals surface area contributed by atoms with E-state index in [-0.39, 0.29) is 10.8 Å². The fourth-order valence-electron chi connectivity index (χ4n) is 3.87. The second-order valence-electron chi connectivity index (χ2n) is 8.31. The van der Waals surface area contributed by atoms with E-state index in [0.717, 1.165) is 0 Å². The number of aryl methyl sites for hydroxylation is 1. The highest BCUT2D eigenvalue weighted by atomic mass is 14.4. The Hall–Kier alpha value is -1.82. The SMILES string of the molecule is C=Cc1cccc(-c2cc3c(cc2C)C(C)(C)CCC3(C)C)c1. The lowest BCUT2D eigenvalue weighted by molar-refractivity contribution is 0.332. The second kappa shape index (κ2) is 5.37. The fraction of sp³-hybridized carbons (Fsp3) is 0.391. The highest BCUT2D eigenvalue weighted by Gasteiger charge is 2.37. The van der Waals surface area contributed by atoms with Gasteiger partial charge in [0.05, 0.1) is 0 Å². The minimum Gasteiger partial charge on any atom is -0.0985 e. The van der Waals surface area contributed by atoms with Crippen molar-refractivity contribution in [1.29, 1.82) is 0 Å². The van der Waals surface area contributed by atoms with Gasteiger partial charge in [-0.25, -0.2) is 0 Å². The highest BCUT2D eigenvalue weighted by Crippen LogP contribution is 2.47. The van der Waals surface area contributed by atoms with Crippen LogP contribution in [-0.4, -0.2) is 0 Å². The summed E-state index contributed by atoms with van der Waals surface area (Å²) in [6, 6.07) is 13.6. The predicted molar refractivity (Wildman–Crippen MR) is 102 cm³/mol. The number of rotatable bonds is 2. The summed E-state index contributed by atoms with van der Waals surface area (Å²) in [6.45, 7) is 15.7. The first-order valence-corrected chi connectivity index (χ1v) is 8.63. The molecule has 0 saturated heterocycles. The van der Waals surface area contributed by atoms with Crippen molar-refractivity contribution >= 4 is 6.08 Å². The molecule has 3 rings (SSSR count). The first-order chi connectivity index (χ1) is 10.7. The van der Waals surface area contributed by atoms with Gasteiger partial charge in [0, 0.05) is 0 Å². The van der Waals surface area contributed by atoms with E-state index in [2.05, 4.69) is 77.6 Å². The third kappa shape index (κ3) is 2.76. The van der Waals surface area contributed by atoms with Crippen LogP contribution >= 0.6 is 0 Å². The van der Waals surface area contributed by atoms with Gasteiger partial charge in [0.2, 0.25) is 0 Å². The normalized spacial score (nSPS) is 18.3. The summed E-state index contributed by atoms with van der Waals surface area (Å²) in [4.78, 5) is 0. The van der Waals surface area contributed by atoms with Crippen molar-refractivity contribution < 1.29 is 0 Å². The van der Waals surface area contributed by atoms with Crippen molar-refractivity contribution in [3.05, 3.63) is 65.2 Å². The van der Waals surface area contributed by atoms with Gasteiger partial charge in [0.25, 0.3) is 0 Å². The highest BCUT2D eigenvalue weighted by molar-refractivity contribution is 5.72. The van der Waals surface area contributed by atoms with E-state index in [1.54, 1.807) is 0 Å². The van der Waals surface area contributed by atoms with E-state index in [9.17, 15) is 0 Å². The fourth-order valence-corrected chi connectivity index (χ4v) is 3.87. The molecule has 0 heteroatoms. The smallest absolute Gasteiger partial charge is 0.0100 e. The van der Waals surface area contributed by atoms with Gasteiger partial charge in [-0.15, -0.1) is 0 Å². The molecular weight excluding hydrogens is 276 g/mol. The summed E-state index contributed by atoms with van der Waals surface area (Å²) < 4.78 is 0. The molecule has 1 aliphatic rings. The van der Waals surface area contributed by atoms with E-state index >= 15 is 0 Å². The van der Waals surface area contributed by atoms with Crippen LogP contribution in [0.5, 0.6) is 0 Å². The quantitative estimate of drug-likeness (QED) is 0.582. The molecule has 0 amide bonds. The minimum atomic E-state index is 0.253. The summed E-state index contributed by atoms with van der Waals surface area (Å²) in [7, 11) is 0. The van der Waals surface area contributed by atoms with Crippen molar-refractivity contribution in [1.82, 2.24) is 0 Å². The molecular formula is C23H28. The lowest BCUT2D eigenvalue weighted by atomic mass is 9.62. The predicted octanol–water partition coefficient (Wildman–Crippen LogP) is 6.65. The average Bonchev–Trinajstić information content (AvgIpc) is 2.51. The van der Waals surface area contributed by atoms with Gasteiger partial charge in [-0.05, 0) is 70.0 Å². The molecule has 0 radical (unpaired) electrons. The van der Waals surface area contributed by atoms with E-state index in [0.29, 0.717) is 0 Å². The van der Waals surface area contributed by atoms with Crippen molar-refractivity contribution in [2.24, 2.45) is 0 Å². The Labute approximate surface area is 141 Å². The Kier molecular flexibility index (Phi) is 3.75. The average molecular weight is 304 g/mol. The lowest BCUT2D eigenvalue weighted by Crippen LogP contribution is -2.34. The zero-order chi connectivity index (χ0) is 16.8. The molecule has 0 atom stereocenters. The van der Waals surface area contributed by atoms with Crippen LogP contribution in [0.15, 0.2) is 43.0 Å². The van der Waals surface area contributed by atoms with Crippen molar-refractivity contribution in [3.63, 3.8) is 0 Å². The third-order valence-electron chi connectivity index (χ3n) is 5.63. The van der Waals surface area contributed by atoms with Gasteiger partial charge in [-0.1, -0.05) is 70.7 Å². The standard InChI is InChI=1S/C23H28/c1-7-17-9-8-10-18(14-17)19-15-21-20(13-16(19)2)22(3,4)11-12-23(21,5)6/h7-10,13-15H,1,11-12H2,2-6H3. The maximum Gasteiger partial charge on any atom is -0.0100 e. The van der Waals surface area contributed by atoms with Crippen LogP contribution in [0, 0.1) is 6.92 Å². The molecule has 23 heavy (non-hydrogen) atoms.